The minimum absolute atomic E-state index is 0.198. The van der Waals surface area contributed by atoms with E-state index in [0.717, 1.165) is 39.3 Å². The van der Waals surface area contributed by atoms with Gasteiger partial charge in [-0.15, -0.1) is 0 Å². The minimum Gasteiger partial charge on any atom is -0.489 e. The second-order valence-corrected chi connectivity index (χ2v) is 11.8. The first-order valence-electron chi connectivity index (χ1n) is 16.6. The first kappa shape index (κ1) is 40.2. The molecule has 0 aliphatic carbocycles. The van der Waals surface area contributed by atoms with E-state index in [1.807, 2.05) is 0 Å². The Kier molecular flexibility index (Phi) is 13.4. The van der Waals surface area contributed by atoms with Gasteiger partial charge in [0, 0.05) is 31.4 Å². The number of anilines is 2. The van der Waals surface area contributed by atoms with E-state index in [1.165, 1.54) is 18.5 Å². The van der Waals surface area contributed by atoms with Gasteiger partial charge < -0.3 is 49.6 Å². The zero-order valence-electron chi connectivity index (χ0n) is 28.8. The summed E-state index contributed by atoms with van der Waals surface area (Å²) in [5.41, 5.74) is -0.910. The van der Waals surface area contributed by atoms with Crippen molar-refractivity contribution in [1.82, 2.24) is 14.9 Å². The van der Waals surface area contributed by atoms with Crippen molar-refractivity contribution < 1.29 is 70.9 Å². The van der Waals surface area contributed by atoms with Gasteiger partial charge in [-0.1, -0.05) is 0 Å². The van der Waals surface area contributed by atoms with E-state index in [2.05, 4.69) is 25.5 Å². The maximum absolute atomic E-state index is 14.0. The first-order valence-corrected chi connectivity index (χ1v) is 16.6. The van der Waals surface area contributed by atoms with Crippen molar-refractivity contribution in [2.75, 3.05) is 63.3 Å². The van der Waals surface area contributed by atoms with Gasteiger partial charge in [-0.3, -0.25) is 9.69 Å². The Morgan fingerprint density at radius 3 is 2.29 bits per heavy atom. The summed E-state index contributed by atoms with van der Waals surface area (Å²) in [5, 5.41) is 29.2. The summed E-state index contributed by atoms with van der Waals surface area (Å²) in [7, 11) is 0. The number of carboxylic acids is 2. The van der Waals surface area contributed by atoms with Gasteiger partial charge in [-0.25, -0.2) is 23.9 Å². The monoisotopic (exact) mass is 777 g/mol. The average molecular weight is 778 g/mol. The number of hydrogen-bond acceptors (Lipinski definition) is 12. The summed E-state index contributed by atoms with van der Waals surface area (Å²) in [6, 6.07) is 8.66. The van der Waals surface area contributed by atoms with E-state index < -0.39 is 53.7 Å². The number of fused-ring (bicyclic) bond motifs is 3. The van der Waals surface area contributed by atoms with Crippen molar-refractivity contribution in [3.8, 4) is 28.9 Å². The predicted octanol–water partition coefficient (Wildman–Crippen LogP) is 5.00. The van der Waals surface area contributed by atoms with Crippen molar-refractivity contribution in [2.45, 2.75) is 25.1 Å². The molecule has 0 spiro atoms. The number of amides is 2. The number of carbonyl (C=O) groups is 3. The summed E-state index contributed by atoms with van der Waals surface area (Å²) in [5.74, 6) is -1.96. The van der Waals surface area contributed by atoms with Gasteiger partial charge in [0.25, 0.3) is 0 Å². The smallest absolute Gasteiger partial charge is 0.416 e. The Balaban J connectivity index is 0.000000574. The number of rotatable bonds is 12. The Labute approximate surface area is 309 Å². The number of nitrogens with zero attached hydrogens (tertiary/aromatic N) is 3. The molecule has 20 heteroatoms. The number of aliphatic hydroxyl groups excluding tert-OH is 1. The third-order valence-electron chi connectivity index (χ3n) is 7.84. The number of hydrogen-bond donors (Lipinski definition) is 5. The zero-order valence-corrected chi connectivity index (χ0v) is 28.8. The van der Waals surface area contributed by atoms with Crippen LogP contribution in [0.5, 0.6) is 28.9 Å². The SMILES string of the molecule is O=C(Nc1ccc(Oc2ncnc3cc(OCCCN4CCOCC4)c4c(c23)OCCO4)cc1)Nc1cc(C(F)(F)F)ccc1F.O=C(O)C[C@H](O)C(=O)O. The van der Waals surface area contributed by atoms with E-state index in [4.69, 9.17) is 39.0 Å². The highest BCUT2D eigenvalue weighted by molar-refractivity contribution is 6.00. The van der Waals surface area contributed by atoms with Crippen LogP contribution >= 0.6 is 0 Å². The van der Waals surface area contributed by atoms with E-state index in [0.29, 0.717) is 71.9 Å². The second kappa shape index (κ2) is 18.4. The number of halogens is 4. The number of aliphatic hydroxyl groups is 1. The maximum Gasteiger partial charge on any atom is 0.416 e. The van der Waals surface area contributed by atoms with Crippen LogP contribution in [0.25, 0.3) is 10.9 Å². The lowest BCUT2D eigenvalue weighted by atomic mass is 10.1. The molecule has 4 aromatic rings. The van der Waals surface area contributed by atoms with Crippen molar-refractivity contribution in [2.24, 2.45) is 0 Å². The highest BCUT2D eigenvalue weighted by atomic mass is 19.4. The number of alkyl halides is 3. The normalized spacial score (nSPS) is 14.6. The first-order chi connectivity index (χ1) is 26.3. The van der Waals surface area contributed by atoms with Gasteiger partial charge in [0.2, 0.25) is 11.6 Å². The molecule has 6 rings (SSSR count). The number of carboxylic acid groups (broad SMARTS) is 2. The standard InChI is InChI=1S/C31H29F4N5O6.C4H6O5/c32-22-7-2-19(31(33,34)35)16-23(22)39-30(41)38-20-3-5-21(6-4-20)46-29-26-24(36-18-37-29)17-25(27-28(26)45-15-14-44-27)43-11-1-8-40-9-12-42-13-10-40;5-2(4(8)9)1-3(6)7/h2-7,16-18H,1,8-15H2,(H2,38,39,41);2,5H,1H2,(H,6,7)(H,8,9)/t;2-/m.0/s1. The number of carbonyl (C=O) groups excluding carboxylic acids is 1. The lowest BCUT2D eigenvalue weighted by Gasteiger charge is -2.26. The van der Waals surface area contributed by atoms with Crippen LogP contribution in [-0.2, 0) is 20.5 Å². The molecule has 1 atom stereocenters. The fourth-order valence-electron chi connectivity index (χ4n) is 5.21. The second-order valence-electron chi connectivity index (χ2n) is 11.8. The van der Waals surface area contributed by atoms with Gasteiger partial charge in [0.1, 0.15) is 36.5 Å². The Bertz CT molecular complexity index is 1980. The average Bonchev–Trinajstić information content (AvgIpc) is 3.15. The number of benzene rings is 3. The highest BCUT2D eigenvalue weighted by Crippen LogP contribution is 2.48. The van der Waals surface area contributed by atoms with Gasteiger partial charge in [-0.2, -0.15) is 13.2 Å². The van der Waals surface area contributed by atoms with Crippen LogP contribution in [-0.4, -0.2) is 107 Å². The molecule has 2 amide bonds. The zero-order chi connectivity index (χ0) is 39.5. The molecule has 2 aliphatic heterocycles. The molecular formula is C35H35F4N5O11. The molecule has 294 valence electrons. The van der Waals surface area contributed by atoms with Crippen LogP contribution in [0.2, 0.25) is 0 Å². The van der Waals surface area contributed by atoms with Crippen molar-refractivity contribution in [1.29, 1.82) is 0 Å². The van der Waals surface area contributed by atoms with Gasteiger partial charge in [-0.05, 0) is 48.9 Å². The molecule has 5 N–H and O–H groups in total. The Hall–Kier alpha value is -5.99. The number of urea groups is 1. The molecule has 1 aromatic heterocycles. The van der Waals surface area contributed by atoms with Gasteiger partial charge in [0.15, 0.2) is 17.6 Å². The summed E-state index contributed by atoms with van der Waals surface area (Å²) < 4.78 is 82.4. The quantitative estimate of drug-likeness (QED) is 0.0947. The molecule has 0 bridgehead atoms. The molecule has 3 aromatic carbocycles. The molecule has 0 radical (unpaired) electrons. The Morgan fingerprint density at radius 1 is 0.927 bits per heavy atom. The highest BCUT2D eigenvalue weighted by Gasteiger charge is 2.31. The topological polar surface area (TPSA) is 211 Å². The molecular weight excluding hydrogens is 742 g/mol. The molecule has 0 saturated carbocycles. The van der Waals surface area contributed by atoms with Crippen LogP contribution in [0.4, 0.5) is 33.7 Å². The number of morpholine rings is 1. The molecule has 1 saturated heterocycles. The lowest BCUT2D eigenvalue weighted by molar-refractivity contribution is -0.152. The van der Waals surface area contributed by atoms with Crippen LogP contribution in [0.15, 0.2) is 54.9 Å². The van der Waals surface area contributed by atoms with Crippen LogP contribution < -0.4 is 29.6 Å². The van der Waals surface area contributed by atoms with Crippen molar-refractivity contribution in [3.63, 3.8) is 0 Å². The molecule has 2 aliphatic rings. The van der Waals surface area contributed by atoms with Crippen LogP contribution in [0.3, 0.4) is 0 Å². The number of ether oxygens (including phenoxy) is 5. The number of aliphatic carboxylic acids is 2. The van der Waals surface area contributed by atoms with Crippen molar-refractivity contribution >= 4 is 40.2 Å². The summed E-state index contributed by atoms with van der Waals surface area (Å²) in [6.45, 7) is 5.30. The van der Waals surface area contributed by atoms with Crippen LogP contribution in [0, 0.1) is 5.82 Å². The fourth-order valence-corrected chi connectivity index (χ4v) is 5.21. The molecule has 16 nitrogen and oxygen atoms in total. The van der Waals surface area contributed by atoms with Gasteiger partial charge >= 0.3 is 24.1 Å². The molecule has 55 heavy (non-hydrogen) atoms. The van der Waals surface area contributed by atoms with E-state index in [9.17, 15) is 31.9 Å². The van der Waals surface area contributed by atoms with Gasteiger partial charge in [0.05, 0.1) is 43.0 Å². The predicted molar refractivity (Wildman–Crippen MR) is 184 cm³/mol. The largest absolute Gasteiger partial charge is 0.489 e. The van der Waals surface area contributed by atoms with Crippen LogP contribution in [0.1, 0.15) is 18.4 Å². The third-order valence-corrected chi connectivity index (χ3v) is 7.84. The van der Waals surface area contributed by atoms with E-state index in [-0.39, 0.29) is 11.6 Å². The summed E-state index contributed by atoms with van der Waals surface area (Å²) >= 11 is 0. The molecule has 1 fully saturated rings. The van der Waals surface area contributed by atoms with E-state index in [1.54, 1.807) is 18.2 Å². The number of nitrogens with one attached hydrogen (secondary N) is 2. The lowest BCUT2D eigenvalue weighted by Crippen LogP contribution is -2.37. The fraction of sp³-hybridized carbons (Fsp3) is 0.343. The maximum atomic E-state index is 14.0. The summed E-state index contributed by atoms with van der Waals surface area (Å²) in [4.78, 5) is 42.8. The van der Waals surface area contributed by atoms with E-state index >= 15 is 0 Å². The summed E-state index contributed by atoms with van der Waals surface area (Å²) in [6.07, 6.45) is -5.07. The third kappa shape index (κ3) is 11.3. The minimum atomic E-state index is -4.69. The van der Waals surface area contributed by atoms with Crippen molar-refractivity contribution in [3.05, 3.63) is 66.2 Å². The molecule has 3 heterocycles. The molecule has 0 unspecified atom stereocenters. The Morgan fingerprint density at radius 2 is 1.64 bits per heavy atom. The number of aromatic nitrogens is 2.